The number of methoxy groups -OCH3 is 1. The largest absolute Gasteiger partial charge is 0.495 e. The quantitative estimate of drug-likeness (QED) is 0.307. The molecule has 0 bridgehead atoms. The fourth-order valence-electron chi connectivity index (χ4n) is 4.44. The molecule has 1 aliphatic heterocycles. The summed E-state index contributed by atoms with van der Waals surface area (Å²) in [5.41, 5.74) is 3.29. The Morgan fingerprint density at radius 3 is 2.69 bits per heavy atom. The number of rotatable bonds is 8. The fourth-order valence-corrected chi connectivity index (χ4v) is 4.44. The third-order valence-corrected chi connectivity index (χ3v) is 6.24. The monoisotopic (exact) mass is 500 g/mol. The van der Waals surface area contributed by atoms with Gasteiger partial charge >= 0.3 is 6.18 Å². The summed E-state index contributed by atoms with van der Waals surface area (Å²) in [6.07, 6.45) is 8.98. The van der Waals surface area contributed by atoms with Gasteiger partial charge in [-0.1, -0.05) is 30.7 Å². The standard InChI is InChI=1S/C28H35F3N4O/c1-5-10-25(27(6-2)36-4)32-16-9-11-22-19-23-24(33-21-14-17-34(3)18-15-21)12-7-8-13-26(23)35(22)20-28(29,30)31/h5-8,10,12,19,21,32-33H,1,13-18,20H2,2-4H3/b25-10+,27-6+. The highest BCUT2D eigenvalue weighted by atomic mass is 19.4. The lowest BCUT2D eigenvalue weighted by Crippen LogP contribution is -2.40. The third kappa shape index (κ3) is 7.34. The maximum atomic E-state index is 13.6. The number of allylic oxidation sites excluding steroid dienone is 6. The molecular weight excluding hydrogens is 465 g/mol. The Kier molecular flexibility index (Phi) is 9.54. The Morgan fingerprint density at radius 1 is 1.31 bits per heavy atom. The van der Waals surface area contributed by atoms with Crippen molar-refractivity contribution in [1.82, 2.24) is 20.1 Å². The van der Waals surface area contributed by atoms with Crippen LogP contribution in [0.5, 0.6) is 0 Å². The predicted molar refractivity (Wildman–Crippen MR) is 139 cm³/mol. The number of fused-ring (bicyclic) bond motifs is 1. The van der Waals surface area contributed by atoms with E-state index >= 15 is 0 Å². The van der Waals surface area contributed by atoms with Crippen LogP contribution < -0.4 is 10.6 Å². The highest BCUT2D eigenvalue weighted by Gasteiger charge is 2.31. The SMILES string of the molecule is C=C/C=C(NCC#Cc1cc2c(n1CC(F)(F)F)CC=CC=C2NC1CCN(C)CC1)\C(=C/C)OC. The van der Waals surface area contributed by atoms with E-state index in [0.717, 1.165) is 37.2 Å². The lowest BCUT2D eigenvalue weighted by atomic mass is 10.0. The van der Waals surface area contributed by atoms with Gasteiger partial charge in [-0.25, -0.2) is 0 Å². The molecule has 0 radical (unpaired) electrons. The molecule has 1 aromatic rings. The Hall–Kier alpha value is -3.31. The van der Waals surface area contributed by atoms with E-state index in [1.807, 2.05) is 25.2 Å². The molecule has 1 fully saturated rings. The van der Waals surface area contributed by atoms with Gasteiger partial charge in [-0.15, -0.1) is 0 Å². The van der Waals surface area contributed by atoms with Gasteiger partial charge in [0, 0.05) is 29.4 Å². The molecule has 0 saturated carbocycles. The van der Waals surface area contributed by atoms with E-state index in [1.165, 1.54) is 4.57 Å². The van der Waals surface area contributed by atoms with Crippen LogP contribution in [0.1, 0.15) is 36.7 Å². The molecule has 2 heterocycles. The summed E-state index contributed by atoms with van der Waals surface area (Å²) in [4.78, 5) is 2.29. The van der Waals surface area contributed by atoms with Crippen molar-refractivity contribution < 1.29 is 17.9 Å². The molecule has 0 atom stereocenters. The van der Waals surface area contributed by atoms with Crippen molar-refractivity contribution in [3.63, 3.8) is 0 Å². The van der Waals surface area contributed by atoms with Crippen LogP contribution in [0.4, 0.5) is 13.2 Å². The van der Waals surface area contributed by atoms with Gasteiger partial charge in [-0.05, 0) is 70.1 Å². The highest BCUT2D eigenvalue weighted by Crippen LogP contribution is 2.29. The second kappa shape index (κ2) is 12.6. The van der Waals surface area contributed by atoms with E-state index in [2.05, 4.69) is 41.0 Å². The summed E-state index contributed by atoms with van der Waals surface area (Å²) >= 11 is 0. The maximum absolute atomic E-state index is 13.6. The number of nitrogens with one attached hydrogen (secondary N) is 2. The van der Waals surface area contributed by atoms with Crippen LogP contribution in [0.25, 0.3) is 5.70 Å². The van der Waals surface area contributed by atoms with E-state index in [1.54, 1.807) is 31.4 Å². The number of nitrogens with zero attached hydrogens (tertiary/aromatic N) is 2. The van der Waals surface area contributed by atoms with E-state index in [-0.39, 0.29) is 12.6 Å². The third-order valence-electron chi connectivity index (χ3n) is 6.24. The topological polar surface area (TPSA) is 41.5 Å². The second-order valence-electron chi connectivity index (χ2n) is 8.85. The smallest absolute Gasteiger partial charge is 0.406 e. The zero-order valence-electron chi connectivity index (χ0n) is 21.2. The van der Waals surface area contributed by atoms with Gasteiger partial charge in [-0.2, -0.15) is 13.2 Å². The molecule has 194 valence electrons. The van der Waals surface area contributed by atoms with Crippen molar-refractivity contribution in [1.29, 1.82) is 0 Å². The van der Waals surface area contributed by atoms with Crippen molar-refractivity contribution in [3.8, 4) is 11.8 Å². The Labute approximate surface area is 212 Å². The van der Waals surface area contributed by atoms with Gasteiger partial charge in [0.05, 0.1) is 25.0 Å². The molecule has 8 heteroatoms. The molecule has 1 saturated heterocycles. The number of piperidine rings is 1. The second-order valence-corrected chi connectivity index (χ2v) is 8.85. The zero-order chi connectivity index (χ0) is 26.1. The summed E-state index contributed by atoms with van der Waals surface area (Å²) < 4.78 is 47.3. The summed E-state index contributed by atoms with van der Waals surface area (Å²) in [6, 6.07) is 2.06. The van der Waals surface area contributed by atoms with E-state index < -0.39 is 12.7 Å². The summed E-state index contributed by atoms with van der Waals surface area (Å²) in [7, 11) is 3.67. The first-order valence-electron chi connectivity index (χ1n) is 12.1. The van der Waals surface area contributed by atoms with Crippen LogP contribution in [-0.4, -0.2) is 55.5 Å². The number of halogens is 3. The lowest BCUT2D eigenvalue weighted by Gasteiger charge is -2.31. The average molecular weight is 501 g/mol. The van der Waals surface area contributed by atoms with Gasteiger partial charge in [-0.3, -0.25) is 0 Å². The normalized spacial score (nSPS) is 17.4. The minimum Gasteiger partial charge on any atom is -0.495 e. The van der Waals surface area contributed by atoms with Gasteiger partial charge < -0.3 is 24.8 Å². The van der Waals surface area contributed by atoms with E-state index in [0.29, 0.717) is 29.3 Å². The molecule has 2 N–H and O–H groups in total. The summed E-state index contributed by atoms with van der Waals surface area (Å²) in [5, 5.41) is 6.74. The van der Waals surface area contributed by atoms with Crippen molar-refractivity contribution in [2.75, 3.05) is 33.8 Å². The van der Waals surface area contributed by atoms with Crippen LogP contribution >= 0.6 is 0 Å². The van der Waals surface area contributed by atoms with Gasteiger partial charge in [0.2, 0.25) is 0 Å². The zero-order valence-corrected chi connectivity index (χ0v) is 21.2. The number of aromatic nitrogens is 1. The Balaban J connectivity index is 1.88. The minimum absolute atomic E-state index is 0.235. The first-order valence-corrected chi connectivity index (χ1v) is 12.1. The van der Waals surface area contributed by atoms with E-state index in [4.69, 9.17) is 4.74 Å². The molecule has 5 nitrogen and oxygen atoms in total. The first kappa shape index (κ1) is 27.3. The van der Waals surface area contributed by atoms with Gasteiger partial charge in [0.1, 0.15) is 12.3 Å². The van der Waals surface area contributed by atoms with Crippen LogP contribution in [0, 0.1) is 11.8 Å². The minimum atomic E-state index is -4.36. The van der Waals surface area contributed by atoms with Crippen LogP contribution in [0.2, 0.25) is 0 Å². The van der Waals surface area contributed by atoms with Crippen molar-refractivity contribution >= 4 is 5.70 Å². The molecule has 2 aliphatic rings. The molecular formula is C28H35F3N4O. The molecule has 0 amide bonds. The van der Waals surface area contributed by atoms with Crippen LogP contribution in [0.15, 0.2) is 60.6 Å². The molecule has 0 aromatic carbocycles. The van der Waals surface area contributed by atoms with Gasteiger partial charge in [0.15, 0.2) is 0 Å². The number of hydrogen-bond acceptors (Lipinski definition) is 4. The van der Waals surface area contributed by atoms with Crippen molar-refractivity contribution in [2.24, 2.45) is 0 Å². The number of ether oxygens (including phenoxy) is 1. The molecule has 0 spiro atoms. The van der Waals surface area contributed by atoms with Crippen LogP contribution in [0.3, 0.4) is 0 Å². The maximum Gasteiger partial charge on any atom is 0.406 e. The highest BCUT2D eigenvalue weighted by molar-refractivity contribution is 5.71. The van der Waals surface area contributed by atoms with E-state index in [9.17, 15) is 13.2 Å². The number of hydrogen-bond donors (Lipinski definition) is 2. The van der Waals surface area contributed by atoms with Crippen molar-refractivity contribution in [2.45, 2.75) is 44.9 Å². The first-order chi connectivity index (χ1) is 17.3. The predicted octanol–water partition coefficient (Wildman–Crippen LogP) is 4.75. The molecule has 1 aromatic heterocycles. The van der Waals surface area contributed by atoms with Crippen LogP contribution in [-0.2, 0) is 17.7 Å². The lowest BCUT2D eigenvalue weighted by molar-refractivity contribution is -0.141. The van der Waals surface area contributed by atoms with Crippen molar-refractivity contribution in [3.05, 3.63) is 77.5 Å². The molecule has 36 heavy (non-hydrogen) atoms. The summed E-state index contributed by atoms with van der Waals surface area (Å²) in [5.74, 6) is 6.57. The molecule has 0 unspecified atom stereocenters. The molecule has 3 rings (SSSR count). The Bertz CT molecular complexity index is 1100. The number of alkyl halides is 3. The fraction of sp³-hybridized carbons (Fsp3) is 0.429. The average Bonchev–Trinajstić information content (AvgIpc) is 3.03. The number of likely N-dealkylation sites (tertiary alicyclic amines) is 1. The van der Waals surface area contributed by atoms with Gasteiger partial charge in [0.25, 0.3) is 0 Å². The Morgan fingerprint density at radius 2 is 2.06 bits per heavy atom. The summed E-state index contributed by atoms with van der Waals surface area (Å²) in [6.45, 7) is 6.69. The molecule has 1 aliphatic carbocycles.